The normalized spacial score (nSPS) is 13.9. The van der Waals surface area contributed by atoms with Gasteiger partial charge in [-0.25, -0.2) is 4.98 Å². The number of benzene rings is 1. The second-order valence-electron chi connectivity index (χ2n) is 6.82. The number of carbonyl (C=O) groups is 2. The third-order valence-corrected chi connectivity index (χ3v) is 4.72. The van der Waals surface area contributed by atoms with Crippen LogP contribution in [0.15, 0.2) is 42.6 Å². The molecule has 1 aliphatic rings. The van der Waals surface area contributed by atoms with E-state index in [9.17, 15) is 9.59 Å². The molecule has 2 amide bonds. The summed E-state index contributed by atoms with van der Waals surface area (Å²) in [5.41, 5.74) is 2.13. The van der Waals surface area contributed by atoms with Gasteiger partial charge < -0.3 is 20.4 Å². The minimum absolute atomic E-state index is 0.0837. The smallest absolute Gasteiger partial charge is 0.257 e. The number of pyridine rings is 1. The topological polar surface area (TPSA) is 77.6 Å². The summed E-state index contributed by atoms with van der Waals surface area (Å²) < 4.78 is 0. The zero-order valence-electron chi connectivity index (χ0n) is 16.4. The first-order chi connectivity index (χ1) is 13.6. The maximum Gasteiger partial charge on any atom is 0.257 e. The second kappa shape index (κ2) is 9.32. The molecule has 2 N–H and O–H groups in total. The van der Waals surface area contributed by atoms with Crippen molar-refractivity contribution in [1.29, 1.82) is 0 Å². The Morgan fingerprint density at radius 1 is 1.21 bits per heavy atom. The number of nitrogens with one attached hydrogen (secondary N) is 2. The molecule has 0 saturated carbocycles. The standard InChI is InChI=1S/C21H27N5O2/c1-3-25(15-17-7-5-4-6-8-17)21(28)19-13-18(24-16(2)27)14-23-20(19)26-11-9-22-10-12-26/h4-8,13-14,22H,3,9-12,15H2,1-2H3,(H,24,27). The van der Waals surface area contributed by atoms with E-state index >= 15 is 0 Å². The minimum atomic E-state index is -0.188. The highest BCUT2D eigenvalue weighted by Gasteiger charge is 2.24. The summed E-state index contributed by atoms with van der Waals surface area (Å²) in [5, 5.41) is 6.05. The maximum atomic E-state index is 13.4. The van der Waals surface area contributed by atoms with Crippen LogP contribution >= 0.6 is 0 Å². The van der Waals surface area contributed by atoms with E-state index in [-0.39, 0.29) is 11.8 Å². The van der Waals surface area contributed by atoms with Gasteiger partial charge in [-0.15, -0.1) is 0 Å². The van der Waals surface area contributed by atoms with Gasteiger partial charge in [-0.1, -0.05) is 30.3 Å². The monoisotopic (exact) mass is 381 g/mol. The van der Waals surface area contributed by atoms with Crippen LogP contribution in [0.3, 0.4) is 0 Å². The highest BCUT2D eigenvalue weighted by atomic mass is 16.2. The van der Waals surface area contributed by atoms with Crippen molar-refractivity contribution in [2.45, 2.75) is 20.4 Å². The van der Waals surface area contributed by atoms with Crippen molar-refractivity contribution in [3.05, 3.63) is 53.7 Å². The minimum Gasteiger partial charge on any atom is -0.353 e. The van der Waals surface area contributed by atoms with Crippen LogP contribution in [-0.4, -0.2) is 54.4 Å². The highest BCUT2D eigenvalue weighted by Crippen LogP contribution is 2.24. The molecule has 0 unspecified atom stereocenters. The van der Waals surface area contributed by atoms with E-state index in [1.807, 2.05) is 37.3 Å². The fourth-order valence-electron chi connectivity index (χ4n) is 3.32. The summed E-state index contributed by atoms with van der Waals surface area (Å²) in [7, 11) is 0. The number of piperazine rings is 1. The molecule has 3 rings (SSSR count). The van der Waals surface area contributed by atoms with Gasteiger partial charge in [0, 0.05) is 46.2 Å². The Bertz CT molecular complexity index is 819. The Morgan fingerprint density at radius 3 is 2.57 bits per heavy atom. The molecule has 1 saturated heterocycles. The number of carbonyl (C=O) groups excluding carboxylic acids is 2. The van der Waals surface area contributed by atoms with Crippen molar-refractivity contribution in [1.82, 2.24) is 15.2 Å². The van der Waals surface area contributed by atoms with Crippen LogP contribution in [-0.2, 0) is 11.3 Å². The summed E-state index contributed by atoms with van der Waals surface area (Å²) in [4.78, 5) is 33.3. The van der Waals surface area contributed by atoms with Crippen LogP contribution in [0.1, 0.15) is 29.8 Å². The fraction of sp³-hybridized carbons (Fsp3) is 0.381. The molecule has 1 aromatic carbocycles. The van der Waals surface area contributed by atoms with Gasteiger partial charge in [0.2, 0.25) is 5.91 Å². The lowest BCUT2D eigenvalue weighted by molar-refractivity contribution is -0.114. The van der Waals surface area contributed by atoms with Crippen molar-refractivity contribution in [2.24, 2.45) is 0 Å². The van der Waals surface area contributed by atoms with E-state index in [0.29, 0.717) is 30.2 Å². The molecule has 1 aliphatic heterocycles. The number of anilines is 2. The lowest BCUT2D eigenvalue weighted by atomic mass is 10.1. The van der Waals surface area contributed by atoms with Gasteiger partial charge in [0.15, 0.2) is 0 Å². The van der Waals surface area contributed by atoms with Crippen molar-refractivity contribution >= 4 is 23.3 Å². The van der Waals surface area contributed by atoms with Crippen LogP contribution in [0.5, 0.6) is 0 Å². The molecule has 0 spiro atoms. The first kappa shape index (κ1) is 19.8. The van der Waals surface area contributed by atoms with Crippen molar-refractivity contribution < 1.29 is 9.59 Å². The lowest BCUT2D eigenvalue weighted by Crippen LogP contribution is -2.45. The summed E-state index contributed by atoms with van der Waals surface area (Å²) in [6.45, 7) is 7.81. The van der Waals surface area contributed by atoms with Gasteiger partial charge in [0.1, 0.15) is 5.82 Å². The molecule has 7 heteroatoms. The number of amides is 2. The number of nitrogens with zero attached hydrogens (tertiary/aromatic N) is 3. The second-order valence-corrected chi connectivity index (χ2v) is 6.82. The van der Waals surface area contributed by atoms with E-state index < -0.39 is 0 Å². The Labute approximate surface area is 165 Å². The van der Waals surface area contributed by atoms with Gasteiger partial charge in [0.05, 0.1) is 17.4 Å². The van der Waals surface area contributed by atoms with Crippen molar-refractivity contribution in [2.75, 3.05) is 42.9 Å². The molecular weight excluding hydrogens is 354 g/mol. The van der Waals surface area contributed by atoms with Gasteiger partial charge in [-0.3, -0.25) is 9.59 Å². The van der Waals surface area contributed by atoms with Crippen LogP contribution < -0.4 is 15.5 Å². The first-order valence-corrected chi connectivity index (χ1v) is 9.65. The first-order valence-electron chi connectivity index (χ1n) is 9.65. The van der Waals surface area contributed by atoms with Crippen LogP contribution in [0.25, 0.3) is 0 Å². The number of hydrogen-bond donors (Lipinski definition) is 2. The zero-order chi connectivity index (χ0) is 19.9. The van der Waals surface area contributed by atoms with E-state index in [1.54, 1.807) is 17.2 Å². The molecule has 0 aliphatic carbocycles. The van der Waals surface area contributed by atoms with Gasteiger partial charge in [-0.05, 0) is 18.6 Å². The Balaban J connectivity index is 1.92. The van der Waals surface area contributed by atoms with E-state index in [0.717, 1.165) is 31.7 Å². The number of hydrogen-bond acceptors (Lipinski definition) is 5. The molecule has 2 aromatic rings. The quantitative estimate of drug-likeness (QED) is 0.801. The highest BCUT2D eigenvalue weighted by molar-refractivity contribution is 6.00. The number of aromatic nitrogens is 1. The van der Waals surface area contributed by atoms with Crippen molar-refractivity contribution in [3.8, 4) is 0 Å². The zero-order valence-corrected chi connectivity index (χ0v) is 16.4. The Hall–Kier alpha value is -2.93. The summed E-state index contributed by atoms with van der Waals surface area (Å²) in [5.74, 6) is 0.401. The summed E-state index contributed by atoms with van der Waals surface area (Å²) in [6, 6.07) is 11.7. The average Bonchev–Trinajstić information content (AvgIpc) is 2.72. The summed E-state index contributed by atoms with van der Waals surface area (Å²) in [6.07, 6.45) is 1.61. The van der Waals surface area contributed by atoms with E-state index in [2.05, 4.69) is 20.5 Å². The third kappa shape index (κ3) is 4.86. The maximum absolute atomic E-state index is 13.4. The summed E-state index contributed by atoms with van der Waals surface area (Å²) >= 11 is 0. The Kier molecular flexibility index (Phi) is 6.60. The molecule has 0 atom stereocenters. The van der Waals surface area contributed by atoms with Crippen LogP contribution in [0.2, 0.25) is 0 Å². The molecule has 2 heterocycles. The molecule has 28 heavy (non-hydrogen) atoms. The molecule has 0 radical (unpaired) electrons. The van der Waals surface area contributed by atoms with Crippen LogP contribution in [0.4, 0.5) is 11.5 Å². The lowest BCUT2D eigenvalue weighted by Gasteiger charge is -2.31. The van der Waals surface area contributed by atoms with Gasteiger partial charge in [0.25, 0.3) is 5.91 Å². The van der Waals surface area contributed by atoms with Gasteiger partial charge in [-0.2, -0.15) is 0 Å². The largest absolute Gasteiger partial charge is 0.353 e. The van der Waals surface area contributed by atoms with E-state index in [1.165, 1.54) is 6.92 Å². The predicted octanol–water partition coefficient (Wildman–Crippen LogP) is 2.11. The predicted molar refractivity (Wildman–Crippen MR) is 110 cm³/mol. The SMILES string of the molecule is CCN(Cc1ccccc1)C(=O)c1cc(NC(C)=O)cnc1N1CCNCC1. The molecule has 1 fully saturated rings. The average molecular weight is 381 g/mol. The molecule has 7 nitrogen and oxygen atoms in total. The van der Waals surface area contributed by atoms with E-state index in [4.69, 9.17) is 0 Å². The Morgan fingerprint density at radius 2 is 1.93 bits per heavy atom. The fourth-order valence-corrected chi connectivity index (χ4v) is 3.32. The molecule has 1 aromatic heterocycles. The number of rotatable bonds is 6. The third-order valence-electron chi connectivity index (χ3n) is 4.72. The molecule has 148 valence electrons. The molecular formula is C21H27N5O2. The molecule has 0 bridgehead atoms. The van der Waals surface area contributed by atoms with Crippen LogP contribution in [0, 0.1) is 0 Å². The van der Waals surface area contributed by atoms with Crippen molar-refractivity contribution in [3.63, 3.8) is 0 Å². The van der Waals surface area contributed by atoms with Gasteiger partial charge >= 0.3 is 0 Å².